The minimum Gasteiger partial charge on any atom is -0.550 e. The molecule has 0 heterocycles. The molecule has 2 rings (SSSR count). The van der Waals surface area contributed by atoms with Gasteiger partial charge in [0.15, 0.2) is 0 Å². The summed E-state index contributed by atoms with van der Waals surface area (Å²) in [5.74, 6) is -2.44. The Morgan fingerprint density at radius 3 is 2.45 bits per heavy atom. The Labute approximate surface area is 119 Å². The molecule has 0 spiro atoms. The van der Waals surface area contributed by atoms with Gasteiger partial charge in [0.1, 0.15) is 0 Å². The minimum absolute atomic E-state index is 0.201. The monoisotopic (exact) mass is 274 g/mol. The standard InChI is InChI=1S/C16H21NO3/c1-10-7-8-11(2)14(9-10)17-15(18)12-5-3-4-6-13(12)16(19)20/h7-9,12-13H,3-6H2,1-2H3,(H,17,18)(H,19,20)/p-1/t12-,13+/m0/s1. The summed E-state index contributed by atoms with van der Waals surface area (Å²) in [5.41, 5.74) is 2.80. The summed E-state index contributed by atoms with van der Waals surface area (Å²) >= 11 is 0. The number of benzene rings is 1. The third-order valence-corrected chi connectivity index (χ3v) is 4.06. The van der Waals surface area contributed by atoms with E-state index in [2.05, 4.69) is 5.32 Å². The van der Waals surface area contributed by atoms with E-state index in [0.29, 0.717) is 12.8 Å². The Kier molecular flexibility index (Phi) is 4.42. The molecule has 0 aromatic heterocycles. The fraction of sp³-hybridized carbons (Fsp3) is 0.500. The van der Waals surface area contributed by atoms with E-state index < -0.39 is 17.8 Å². The first-order chi connectivity index (χ1) is 9.49. The molecule has 1 aliphatic rings. The van der Waals surface area contributed by atoms with Crippen LogP contribution in [0.1, 0.15) is 36.8 Å². The van der Waals surface area contributed by atoms with Crippen molar-refractivity contribution in [3.8, 4) is 0 Å². The minimum atomic E-state index is -1.11. The van der Waals surface area contributed by atoms with Crippen LogP contribution < -0.4 is 10.4 Å². The van der Waals surface area contributed by atoms with Crippen molar-refractivity contribution in [3.63, 3.8) is 0 Å². The van der Waals surface area contributed by atoms with Gasteiger partial charge in [-0.3, -0.25) is 4.79 Å². The number of nitrogens with one attached hydrogen (secondary N) is 1. The molecule has 4 nitrogen and oxygen atoms in total. The van der Waals surface area contributed by atoms with Crippen LogP contribution >= 0.6 is 0 Å². The number of anilines is 1. The molecular weight excluding hydrogens is 254 g/mol. The maximum Gasteiger partial charge on any atom is 0.228 e. The molecule has 1 aromatic carbocycles. The lowest BCUT2D eigenvalue weighted by Gasteiger charge is -2.31. The van der Waals surface area contributed by atoms with Crippen LogP contribution in [0.2, 0.25) is 0 Å². The molecule has 108 valence electrons. The number of rotatable bonds is 3. The van der Waals surface area contributed by atoms with Crippen molar-refractivity contribution < 1.29 is 14.7 Å². The van der Waals surface area contributed by atoms with Crippen molar-refractivity contribution in [2.75, 3.05) is 5.32 Å². The highest BCUT2D eigenvalue weighted by Crippen LogP contribution is 2.31. The van der Waals surface area contributed by atoms with Crippen LogP contribution in [0.5, 0.6) is 0 Å². The fourth-order valence-corrected chi connectivity index (χ4v) is 2.82. The number of carbonyl (C=O) groups excluding carboxylic acids is 2. The van der Waals surface area contributed by atoms with Crippen LogP contribution in [0.4, 0.5) is 5.69 Å². The van der Waals surface area contributed by atoms with Gasteiger partial charge in [0.2, 0.25) is 5.91 Å². The first kappa shape index (κ1) is 14.6. The normalized spacial score (nSPS) is 22.3. The number of hydrogen-bond donors (Lipinski definition) is 1. The first-order valence-electron chi connectivity index (χ1n) is 7.08. The summed E-state index contributed by atoms with van der Waals surface area (Å²) in [4.78, 5) is 23.5. The quantitative estimate of drug-likeness (QED) is 0.913. The molecular formula is C16H20NO3-. The van der Waals surface area contributed by atoms with Gasteiger partial charge in [-0.15, -0.1) is 0 Å². The Morgan fingerprint density at radius 1 is 1.15 bits per heavy atom. The van der Waals surface area contributed by atoms with Crippen molar-refractivity contribution in [2.24, 2.45) is 11.8 Å². The lowest BCUT2D eigenvalue weighted by molar-refractivity contribution is -0.313. The van der Waals surface area contributed by atoms with Gasteiger partial charge < -0.3 is 15.2 Å². The van der Waals surface area contributed by atoms with E-state index in [9.17, 15) is 14.7 Å². The maximum absolute atomic E-state index is 12.3. The second-order valence-electron chi connectivity index (χ2n) is 5.62. The number of carboxylic acid groups (broad SMARTS) is 1. The molecule has 0 bridgehead atoms. The fourth-order valence-electron chi connectivity index (χ4n) is 2.82. The lowest BCUT2D eigenvalue weighted by atomic mass is 9.78. The Bertz CT molecular complexity index is 524. The van der Waals surface area contributed by atoms with Crippen LogP contribution in [0.15, 0.2) is 18.2 Å². The molecule has 1 N–H and O–H groups in total. The van der Waals surface area contributed by atoms with Crippen molar-refractivity contribution in [3.05, 3.63) is 29.3 Å². The zero-order valence-corrected chi connectivity index (χ0v) is 11.9. The Balaban J connectivity index is 2.14. The van der Waals surface area contributed by atoms with Gasteiger partial charge in [-0.2, -0.15) is 0 Å². The number of aliphatic carboxylic acids is 1. The molecule has 1 aromatic rings. The van der Waals surface area contributed by atoms with Crippen molar-refractivity contribution in [1.29, 1.82) is 0 Å². The van der Waals surface area contributed by atoms with Crippen molar-refractivity contribution >= 4 is 17.6 Å². The number of aryl methyl sites for hydroxylation is 2. The van der Waals surface area contributed by atoms with Gasteiger partial charge in [-0.05, 0) is 43.9 Å². The molecule has 0 saturated heterocycles. The molecule has 20 heavy (non-hydrogen) atoms. The summed E-state index contributed by atoms with van der Waals surface area (Å²) < 4.78 is 0. The third-order valence-electron chi connectivity index (χ3n) is 4.06. The number of carboxylic acids is 1. The van der Waals surface area contributed by atoms with E-state index in [1.807, 2.05) is 32.0 Å². The predicted octanol–water partition coefficient (Wildman–Crippen LogP) is 1.80. The second-order valence-corrected chi connectivity index (χ2v) is 5.62. The smallest absolute Gasteiger partial charge is 0.228 e. The van der Waals surface area contributed by atoms with Crippen LogP contribution in [0.3, 0.4) is 0 Å². The second kappa shape index (κ2) is 6.07. The molecule has 1 amide bonds. The van der Waals surface area contributed by atoms with E-state index >= 15 is 0 Å². The Morgan fingerprint density at radius 2 is 1.80 bits per heavy atom. The molecule has 4 heteroatoms. The van der Waals surface area contributed by atoms with E-state index in [-0.39, 0.29) is 5.91 Å². The summed E-state index contributed by atoms with van der Waals surface area (Å²) in [7, 11) is 0. The average Bonchev–Trinajstić information content (AvgIpc) is 2.42. The summed E-state index contributed by atoms with van der Waals surface area (Å²) in [6.07, 6.45) is 2.91. The SMILES string of the molecule is Cc1ccc(C)c(NC(=O)[C@H]2CCCC[C@H]2C(=O)[O-])c1. The summed E-state index contributed by atoms with van der Waals surface area (Å²) in [6, 6.07) is 5.84. The zero-order valence-electron chi connectivity index (χ0n) is 11.9. The van der Waals surface area contributed by atoms with Gasteiger partial charge in [-0.1, -0.05) is 25.0 Å². The Hall–Kier alpha value is -1.84. The highest BCUT2D eigenvalue weighted by Gasteiger charge is 2.31. The highest BCUT2D eigenvalue weighted by molar-refractivity contribution is 5.95. The van der Waals surface area contributed by atoms with Crippen LogP contribution in [0.25, 0.3) is 0 Å². The molecule has 1 fully saturated rings. The van der Waals surface area contributed by atoms with Crippen molar-refractivity contribution in [2.45, 2.75) is 39.5 Å². The van der Waals surface area contributed by atoms with E-state index in [1.165, 1.54) is 0 Å². The van der Waals surface area contributed by atoms with E-state index in [0.717, 1.165) is 29.7 Å². The van der Waals surface area contributed by atoms with E-state index in [1.54, 1.807) is 0 Å². The molecule has 0 radical (unpaired) electrons. The molecule has 0 unspecified atom stereocenters. The van der Waals surface area contributed by atoms with Gasteiger partial charge in [-0.25, -0.2) is 0 Å². The number of amides is 1. The topological polar surface area (TPSA) is 69.2 Å². The predicted molar refractivity (Wildman–Crippen MR) is 75.0 cm³/mol. The molecule has 1 saturated carbocycles. The summed E-state index contributed by atoms with van der Waals surface area (Å²) in [6.45, 7) is 3.88. The zero-order chi connectivity index (χ0) is 14.7. The third kappa shape index (κ3) is 3.18. The maximum atomic E-state index is 12.3. The molecule has 1 aliphatic carbocycles. The first-order valence-corrected chi connectivity index (χ1v) is 7.08. The van der Waals surface area contributed by atoms with Gasteiger partial charge in [0.25, 0.3) is 0 Å². The van der Waals surface area contributed by atoms with Gasteiger partial charge in [0.05, 0.1) is 0 Å². The van der Waals surface area contributed by atoms with Crippen LogP contribution in [0, 0.1) is 25.7 Å². The average molecular weight is 274 g/mol. The summed E-state index contributed by atoms with van der Waals surface area (Å²) in [5, 5.41) is 14.0. The lowest BCUT2D eigenvalue weighted by Crippen LogP contribution is -2.42. The molecule has 2 atom stereocenters. The van der Waals surface area contributed by atoms with E-state index in [4.69, 9.17) is 0 Å². The van der Waals surface area contributed by atoms with Crippen molar-refractivity contribution in [1.82, 2.24) is 0 Å². The number of hydrogen-bond acceptors (Lipinski definition) is 3. The van der Waals surface area contributed by atoms with Crippen LogP contribution in [-0.2, 0) is 9.59 Å². The largest absolute Gasteiger partial charge is 0.550 e. The highest BCUT2D eigenvalue weighted by atomic mass is 16.4. The van der Waals surface area contributed by atoms with Crippen LogP contribution in [-0.4, -0.2) is 11.9 Å². The van der Waals surface area contributed by atoms with Gasteiger partial charge in [0, 0.05) is 23.5 Å². The van der Waals surface area contributed by atoms with Gasteiger partial charge >= 0.3 is 0 Å². The molecule has 0 aliphatic heterocycles. The number of carbonyl (C=O) groups is 2.